The van der Waals surface area contributed by atoms with Crippen LogP contribution in [0.25, 0.3) is 0 Å². The van der Waals surface area contributed by atoms with Gasteiger partial charge >= 0.3 is 0 Å². The zero-order chi connectivity index (χ0) is 26.5. The van der Waals surface area contributed by atoms with Gasteiger partial charge < -0.3 is 10.2 Å². The summed E-state index contributed by atoms with van der Waals surface area (Å²) in [5, 5.41) is 2.65. The highest BCUT2D eigenvalue weighted by atomic mass is 35.5. The van der Waals surface area contributed by atoms with Crippen molar-refractivity contribution in [2.75, 3.05) is 17.9 Å². The summed E-state index contributed by atoms with van der Waals surface area (Å²) in [6.45, 7) is 2.73. The van der Waals surface area contributed by atoms with E-state index in [1.807, 2.05) is 6.92 Å². The number of likely N-dealkylation sites (N-methyl/N-ethyl adjacent to an activating group) is 1. The number of nitrogens with one attached hydrogen (secondary N) is 1. The first-order valence-electron chi connectivity index (χ1n) is 11.1. The van der Waals surface area contributed by atoms with Crippen molar-refractivity contribution in [3.05, 3.63) is 94.8 Å². The Morgan fingerprint density at radius 3 is 2.19 bits per heavy atom. The van der Waals surface area contributed by atoms with Gasteiger partial charge in [-0.15, -0.1) is 0 Å². The fourth-order valence-electron chi connectivity index (χ4n) is 3.58. The van der Waals surface area contributed by atoms with E-state index in [9.17, 15) is 22.4 Å². The molecule has 0 aliphatic carbocycles. The van der Waals surface area contributed by atoms with Crippen LogP contribution in [0.2, 0.25) is 5.02 Å². The summed E-state index contributed by atoms with van der Waals surface area (Å²) < 4.78 is 41.7. The van der Waals surface area contributed by atoms with Gasteiger partial charge in [-0.1, -0.05) is 53.6 Å². The Bertz CT molecular complexity index is 1330. The van der Waals surface area contributed by atoms with E-state index in [1.54, 1.807) is 24.3 Å². The minimum absolute atomic E-state index is 0.00902. The van der Waals surface area contributed by atoms with Gasteiger partial charge in [-0.05, 0) is 55.8 Å². The van der Waals surface area contributed by atoms with Crippen LogP contribution in [0, 0.1) is 12.7 Å². The maximum Gasteiger partial charge on any atom is 0.264 e. The van der Waals surface area contributed by atoms with Gasteiger partial charge in [0.2, 0.25) is 11.8 Å². The van der Waals surface area contributed by atoms with Gasteiger partial charge in [-0.2, -0.15) is 0 Å². The molecule has 1 atom stereocenters. The maximum absolute atomic E-state index is 13.7. The fourth-order valence-corrected chi connectivity index (χ4v) is 5.30. The topological polar surface area (TPSA) is 86.8 Å². The molecular formula is C26H27ClFN3O4S. The highest BCUT2D eigenvalue weighted by Gasteiger charge is 2.33. The number of sulfonamides is 1. The van der Waals surface area contributed by atoms with Crippen LogP contribution in [0.5, 0.6) is 0 Å². The third kappa shape index (κ3) is 6.22. The molecule has 10 heteroatoms. The number of benzene rings is 3. The van der Waals surface area contributed by atoms with Crippen molar-refractivity contribution in [1.82, 2.24) is 10.2 Å². The highest BCUT2D eigenvalue weighted by Crippen LogP contribution is 2.30. The number of nitrogens with zero attached hydrogens (tertiary/aromatic N) is 2. The molecule has 3 aromatic carbocycles. The van der Waals surface area contributed by atoms with Crippen LogP contribution in [-0.4, -0.2) is 44.8 Å². The predicted molar refractivity (Wildman–Crippen MR) is 138 cm³/mol. The lowest BCUT2D eigenvalue weighted by Crippen LogP contribution is -2.50. The van der Waals surface area contributed by atoms with Crippen LogP contribution in [0.15, 0.2) is 77.7 Å². The first-order chi connectivity index (χ1) is 17.0. The van der Waals surface area contributed by atoms with E-state index in [0.717, 1.165) is 9.87 Å². The standard InChI is InChI=1S/C26H27ClFN3O4S/c1-18-8-14-22(15-9-18)36(34,35)31(24-7-5-4-6-23(24)27)17-25(32)30(19(2)26(33)29-3)16-20-10-12-21(28)13-11-20/h4-15,19H,16-17H2,1-3H3,(H,29,33)/t19-/m1/s1. The van der Waals surface area contributed by atoms with Crippen LogP contribution in [0.1, 0.15) is 18.1 Å². The molecule has 0 unspecified atom stereocenters. The molecular weight excluding hydrogens is 505 g/mol. The average Bonchev–Trinajstić information content (AvgIpc) is 2.86. The number of aryl methyl sites for hydroxylation is 1. The van der Waals surface area contributed by atoms with Crippen molar-refractivity contribution in [3.63, 3.8) is 0 Å². The van der Waals surface area contributed by atoms with Crippen molar-refractivity contribution in [1.29, 1.82) is 0 Å². The molecule has 0 fully saturated rings. The van der Waals surface area contributed by atoms with E-state index in [2.05, 4.69) is 5.32 Å². The molecule has 1 N–H and O–H groups in total. The third-order valence-electron chi connectivity index (χ3n) is 5.69. The second-order valence-electron chi connectivity index (χ2n) is 8.21. The summed E-state index contributed by atoms with van der Waals surface area (Å²) >= 11 is 6.35. The molecule has 0 aliphatic heterocycles. The van der Waals surface area contributed by atoms with Crippen LogP contribution in [0.3, 0.4) is 0 Å². The first-order valence-corrected chi connectivity index (χ1v) is 13.0. The predicted octanol–water partition coefficient (Wildman–Crippen LogP) is 4.15. The second-order valence-corrected chi connectivity index (χ2v) is 10.5. The molecule has 7 nitrogen and oxygen atoms in total. The van der Waals surface area contributed by atoms with E-state index in [-0.39, 0.29) is 22.2 Å². The number of anilines is 1. The molecule has 3 rings (SSSR count). The molecule has 190 valence electrons. The zero-order valence-electron chi connectivity index (χ0n) is 20.1. The number of rotatable bonds is 9. The molecule has 3 aromatic rings. The van der Waals surface area contributed by atoms with Crippen molar-refractivity contribution >= 4 is 39.1 Å². The molecule has 0 aliphatic rings. The minimum Gasteiger partial charge on any atom is -0.357 e. The summed E-state index contributed by atoms with van der Waals surface area (Å²) in [4.78, 5) is 27.3. The molecule has 0 aromatic heterocycles. The summed E-state index contributed by atoms with van der Waals surface area (Å²) in [5.74, 6) is -1.51. The Hall–Kier alpha value is -3.43. The fraction of sp³-hybridized carbons (Fsp3) is 0.231. The zero-order valence-corrected chi connectivity index (χ0v) is 21.7. The van der Waals surface area contributed by atoms with Gasteiger partial charge in [0.25, 0.3) is 10.0 Å². The van der Waals surface area contributed by atoms with Gasteiger partial charge in [-0.3, -0.25) is 13.9 Å². The minimum atomic E-state index is -4.20. The van der Waals surface area contributed by atoms with E-state index < -0.39 is 40.2 Å². The summed E-state index contributed by atoms with van der Waals surface area (Å²) in [6.07, 6.45) is 0. The number of hydrogen-bond acceptors (Lipinski definition) is 4. The number of halogens is 2. The molecule has 0 saturated carbocycles. The Labute approximate surface area is 215 Å². The van der Waals surface area contributed by atoms with Gasteiger partial charge in [0, 0.05) is 13.6 Å². The van der Waals surface area contributed by atoms with E-state index >= 15 is 0 Å². The molecule has 0 bridgehead atoms. The van der Waals surface area contributed by atoms with E-state index in [1.165, 1.54) is 67.4 Å². The normalized spacial score (nSPS) is 12.0. The van der Waals surface area contributed by atoms with Crippen molar-refractivity contribution in [2.24, 2.45) is 0 Å². The lowest BCUT2D eigenvalue weighted by atomic mass is 10.1. The van der Waals surface area contributed by atoms with E-state index in [0.29, 0.717) is 5.56 Å². The third-order valence-corrected chi connectivity index (χ3v) is 7.78. The number of para-hydroxylation sites is 1. The summed E-state index contributed by atoms with van der Waals surface area (Å²) in [6, 6.07) is 17.1. The molecule has 2 amide bonds. The van der Waals surface area contributed by atoms with Crippen molar-refractivity contribution in [2.45, 2.75) is 31.3 Å². The Morgan fingerprint density at radius 2 is 1.61 bits per heavy atom. The Balaban J connectivity index is 2.04. The molecule has 36 heavy (non-hydrogen) atoms. The lowest BCUT2D eigenvalue weighted by molar-refractivity contribution is -0.139. The number of carbonyl (C=O) groups excluding carboxylic acids is 2. The number of amides is 2. The molecule has 0 spiro atoms. The van der Waals surface area contributed by atoms with Crippen LogP contribution >= 0.6 is 11.6 Å². The quantitative estimate of drug-likeness (QED) is 0.449. The molecule has 0 heterocycles. The van der Waals surface area contributed by atoms with Crippen molar-refractivity contribution in [3.8, 4) is 0 Å². The lowest BCUT2D eigenvalue weighted by Gasteiger charge is -2.32. The SMILES string of the molecule is CNC(=O)[C@@H](C)N(Cc1ccc(F)cc1)C(=O)CN(c1ccccc1Cl)S(=O)(=O)c1ccc(C)cc1. The largest absolute Gasteiger partial charge is 0.357 e. The number of carbonyl (C=O) groups is 2. The van der Waals surface area contributed by atoms with Crippen molar-refractivity contribution < 1.29 is 22.4 Å². The smallest absolute Gasteiger partial charge is 0.264 e. The van der Waals surface area contributed by atoms with Crippen LogP contribution in [0.4, 0.5) is 10.1 Å². The molecule has 0 radical (unpaired) electrons. The van der Waals surface area contributed by atoms with Crippen LogP contribution < -0.4 is 9.62 Å². The van der Waals surface area contributed by atoms with Gasteiger partial charge in [0.05, 0.1) is 15.6 Å². The summed E-state index contributed by atoms with van der Waals surface area (Å²) in [5.41, 5.74) is 1.58. The second kappa shape index (κ2) is 11.5. The van der Waals surface area contributed by atoms with Gasteiger partial charge in [-0.25, -0.2) is 12.8 Å². The summed E-state index contributed by atoms with van der Waals surface area (Å²) in [7, 11) is -2.76. The molecule has 0 saturated heterocycles. The first kappa shape index (κ1) is 27.2. The highest BCUT2D eigenvalue weighted by molar-refractivity contribution is 7.92. The monoisotopic (exact) mass is 531 g/mol. The average molecular weight is 532 g/mol. The van der Waals surface area contributed by atoms with Crippen LogP contribution in [-0.2, 0) is 26.2 Å². The van der Waals surface area contributed by atoms with Gasteiger partial charge in [0.1, 0.15) is 18.4 Å². The van der Waals surface area contributed by atoms with E-state index in [4.69, 9.17) is 11.6 Å². The van der Waals surface area contributed by atoms with Gasteiger partial charge in [0.15, 0.2) is 0 Å². The maximum atomic E-state index is 13.7. The number of hydrogen-bond donors (Lipinski definition) is 1. The Kier molecular flexibility index (Phi) is 8.70. The Morgan fingerprint density at radius 1 is 1.00 bits per heavy atom.